The Morgan fingerprint density at radius 1 is 1.47 bits per heavy atom. The lowest BCUT2D eigenvalue weighted by Crippen LogP contribution is -2.29. The Kier molecular flexibility index (Phi) is 2.91. The van der Waals surface area contributed by atoms with E-state index in [4.69, 9.17) is 0 Å². The minimum absolute atomic E-state index is 0.392. The molecule has 1 aliphatic rings. The third-order valence-corrected chi connectivity index (χ3v) is 3.01. The van der Waals surface area contributed by atoms with Crippen LogP contribution in [-0.4, -0.2) is 15.8 Å². The predicted octanol–water partition coefficient (Wildman–Crippen LogP) is 2.10. The second kappa shape index (κ2) is 4.19. The zero-order valence-electron chi connectivity index (χ0n) is 9.70. The van der Waals surface area contributed by atoms with Crippen LogP contribution in [0.25, 0.3) is 0 Å². The van der Waals surface area contributed by atoms with Gasteiger partial charge in [0.2, 0.25) is 0 Å². The molecule has 0 radical (unpaired) electrons. The maximum absolute atomic E-state index is 4.37. The average molecular weight is 205 g/mol. The highest BCUT2D eigenvalue weighted by atomic mass is 15.3. The monoisotopic (exact) mass is 205 g/mol. The van der Waals surface area contributed by atoms with E-state index in [0.717, 1.165) is 18.5 Å². The molecule has 15 heavy (non-hydrogen) atoms. The van der Waals surface area contributed by atoms with Crippen LogP contribution in [0.5, 0.6) is 0 Å². The fourth-order valence-corrected chi connectivity index (χ4v) is 2.24. The van der Waals surface area contributed by atoms with Crippen molar-refractivity contribution in [3.8, 4) is 0 Å². The Labute approximate surface area is 91.2 Å². The lowest BCUT2D eigenvalue weighted by molar-refractivity contribution is 0.470. The molecule has 1 heterocycles. The van der Waals surface area contributed by atoms with Crippen molar-refractivity contribution in [1.29, 1.82) is 0 Å². The molecular formula is C12H19N3. The van der Waals surface area contributed by atoms with Gasteiger partial charge in [0.05, 0.1) is 5.69 Å². The smallest absolute Gasteiger partial charge is 0.0641 e. The van der Waals surface area contributed by atoms with Crippen LogP contribution in [0.1, 0.15) is 37.1 Å². The van der Waals surface area contributed by atoms with E-state index >= 15 is 0 Å². The summed E-state index contributed by atoms with van der Waals surface area (Å²) in [5.41, 5.74) is 2.44. The summed E-state index contributed by atoms with van der Waals surface area (Å²) in [6.07, 6.45) is 8.92. The minimum Gasteiger partial charge on any atom is -0.307 e. The van der Waals surface area contributed by atoms with Gasteiger partial charge in [-0.3, -0.25) is 4.68 Å². The zero-order valence-corrected chi connectivity index (χ0v) is 9.70. The van der Waals surface area contributed by atoms with Crippen molar-refractivity contribution in [2.45, 2.75) is 38.8 Å². The van der Waals surface area contributed by atoms with Gasteiger partial charge in [0, 0.05) is 30.9 Å². The first kappa shape index (κ1) is 10.4. The van der Waals surface area contributed by atoms with Gasteiger partial charge in [-0.1, -0.05) is 12.2 Å². The van der Waals surface area contributed by atoms with Gasteiger partial charge in [-0.25, -0.2) is 0 Å². The van der Waals surface area contributed by atoms with Crippen LogP contribution in [0.15, 0.2) is 18.3 Å². The fourth-order valence-electron chi connectivity index (χ4n) is 2.24. The molecule has 0 amide bonds. The van der Waals surface area contributed by atoms with Crippen molar-refractivity contribution in [3.05, 3.63) is 29.6 Å². The van der Waals surface area contributed by atoms with Crippen molar-refractivity contribution < 1.29 is 0 Å². The van der Waals surface area contributed by atoms with Crippen molar-refractivity contribution in [1.82, 2.24) is 15.1 Å². The fraction of sp³-hybridized carbons (Fsp3) is 0.583. The lowest BCUT2D eigenvalue weighted by atomic mass is 10.1. The molecule has 2 rings (SSSR count). The molecule has 1 N–H and O–H groups in total. The van der Waals surface area contributed by atoms with Crippen molar-refractivity contribution >= 4 is 0 Å². The van der Waals surface area contributed by atoms with Crippen LogP contribution in [0, 0.1) is 6.92 Å². The maximum atomic E-state index is 4.37. The van der Waals surface area contributed by atoms with Gasteiger partial charge in [0.1, 0.15) is 0 Å². The van der Waals surface area contributed by atoms with Gasteiger partial charge in [-0.05, 0) is 26.7 Å². The summed E-state index contributed by atoms with van der Waals surface area (Å²) in [4.78, 5) is 0. The molecule has 3 nitrogen and oxygen atoms in total. The van der Waals surface area contributed by atoms with Gasteiger partial charge >= 0.3 is 0 Å². The topological polar surface area (TPSA) is 29.9 Å². The van der Waals surface area contributed by atoms with Crippen LogP contribution in [-0.2, 0) is 7.05 Å². The number of aromatic nitrogens is 2. The third kappa shape index (κ3) is 2.29. The van der Waals surface area contributed by atoms with Crippen molar-refractivity contribution in [2.24, 2.45) is 7.05 Å². The molecule has 0 saturated heterocycles. The number of nitrogens with zero attached hydrogens (tertiary/aromatic N) is 2. The van der Waals surface area contributed by atoms with Gasteiger partial charge in [-0.15, -0.1) is 0 Å². The second-order valence-corrected chi connectivity index (χ2v) is 4.37. The molecule has 1 aromatic rings. The Hall–Kier alpha value is -1.09. The third-order valence-electron chi connectivity index (χ3n) is 3.01. The van der Waals surface area contributed by atoms with E-state index in [1.54, 1.807) is 0 Å². The van der Waals surface area contributed by atoms with E-state index < -0.39 is 0 Å². The molecule has 1 atom stereocenters. The number of hydrogen-bond acceptors (Lipinski definition) is 2. The summed E-state index contributed by atoms with van der Waals surface area (Å²) in [7, 11) is 1.97. The van der Waals surface area contributed by atoms with E-state index in [1.807, 2.05) is 11.7 Å². The first-order valence-corrected chi connectivity index (χ1v) is 5.58. The number of hydrogen-bond donors (Lipinski definition) is 1. The van der Waals surface area contributed by atoms with Gasteiger partial charge in [-0.2, -0.15) is 5.10 Å². The van der Waals surface area contributed by atoms with Crippen LogP contribution < -0.4 is 5.32 Å². The SMILES string of the molecule is Cc1nn(C)cc1C(C)NC1CC=CC1. The van der Waals surface area contributed by atoms with Crippen LogP contribution in [0.3, 0.4) is 0 Å². The Morgan fingerprint density at radius 2 is 2.13 bits per heavy atom. The lowest BCUT2D eigenvalue weighted by Gasteiger charge is -2.18. The first-order chi connectivity index (χ1) is 7.16. The standard InChI is InChI=1S/C12H19N3/c1-9(13-11-6-4-5-7-11)12-8-15(3)14-10(12)2/h4-5,8-9,11,13H,6-7H2,1-3H3. The van der Waals surface area contributed by atoms with Gasteiger partial charge < -0.3 is 5.32 Å². The molecule has 0 fully saturated rings. The largest absolute Gasteiger partial charge is 0.307 e. The summed E-state index contributed by atoms with van der Waals surface area (Å²) in [6, 6.07) is 1.00. The summed E-state index contributed by atoms with van der Waals surface area (Å²) in [5, 5.41) is 8.00. The zero-order chi connectivity index (χ0) is 10.8. The summed E-state index contributed by atoms with van der Waals surface area (Å²) in [5.74, 6) is 0. The number of aryl methyl sites for hydroxylation is 2. The molecular weight excluding hydrogens is 186 g/mol. The molecule has 0 spiro atoms. The molecule has 1 aromatic heterocycles. The molecule has 1 aliphatic carbocycles. The normalized spacial score (nSPS) is 18.6. The van der Waals surface area contributed by atoms with E-state index in [0.29, 0.717) is 12.1 Å². The maximum Gasteiger partial charge on any atom is 0.0641 e. The van der Waals surface area contributed by atoms with Crippen LogP contribution in [0.4, 0.5) is 0 Å². The molecule has 0 bridgehead atoms. The first-order valence-electron chi connectivity index (χ1n) is 5.58. The Balaban J connectivity index is 2.00. The molecule has 0 saturated carbocycles. The molecule has 1 unspecified atom stereocenters. The molecule has 0 aromatic carbocycles. The summed E-state index contributed by atoms with van der Waals surface area (Å²) >= 11 is 0. The molecule has 82 valence electrons. The van der Waals surface area contributed by atoms with E-state index in [1.165, 1.54) is 5.56 Å². The van der Waals surface area contributed by atoms with Crippen LogP contribution in [0.2, 0.25) is 0 Å². The number of rotatable bonds is 3. The van der Waals surface area contributed by atoms with Crippen LogP contribution >= 0.6 is 0 Å². The van der Waals surface area contributed by atoms with Crippen molar-refractivity contribution in [3.63, 3.8) is 0 Å². The second-order valence-electron chi connectivity index (χ2n) is 4.37. The molecule has 3 heteroatoms. The quantitative estimate of drug-likeness (QED) is 0.766. The Bertz CT molecular complexity index is 357. The molecule has 0 aliphatic heterocycles. The van der Waals surface area contributed by atoms with E-state index in [9.17, 15) is 0 Å². The highest BCUT2D eigenvalue weighted by Gasteiger charge is 2.16. The van der Waals surface area contributed by atoms with Crippen molar-refractivity contribution in [2.75, 3.05) is 0 Å². The van der Waals surface area contributed by atoms with E-state index in [-0.39, 0.29) is 0 Å². The highest BCUT2D eigenvalue weighted by molar-refractivity contribution is 5.19. The highest BCUT2D eigenvalue weighted by Crippen LogP contribution is 2.19. The number of nitrogens with one attached hydrogen (secondary N) is 1. The van der Waals surface area contributed by atoms with Gasteiger partial charge in [0.15, 0.2) is 0 Å². The van der Waals surface area contributed by atoms with E-state index in [2.05, 4.69) is 42.6 Å². The summed E-state index contributed by atoms with van der Waals surface area (Å²) in [6.45, 7) is 4.28. The van der Waals surface area contributed by atoms with Gasteiger partial charge in [0.25, 0.3) is 0 Å². The predicted molar refractivity (Wildman–Crippen MR) is 61.7 cm³/mol. The Morgan fingerprint density at radius 3 is 2.67 bits per heavy atom. The average Bonchev–Trinajstić information content (AvgIpc) is 2.75. The minimum atomic E-state index is 0.392. The summed E-state index contributed by atoms with van der Waals surface area (Å²) < 4.78 is 1.88.